The summed E-state index contributed by atoms with van der Waals surface area (Å²) >= 11 is 0. The Kier molecular flexibility index (Phi) is 5.12. The molecule has 19 heavy (non-hydrogen) atoms. The van der Waals surface area contributed by atoms with Crippen molar-refractivity contribution in [2.24, 2.45) is 0 Å². The maximum atomic E-state index is 12.1. The Labute approximate surface area is 113 Å². The van der Waals surface area contributed by atoms with E-state index in [9.17, 15) is 13.2 Å². The Morgan fingerprint density at radius 1 is 1.16 bits per heavy atom. The van der Waals surface area contributed by atoms with Gasteiger partial charge in [-0.25, -0.2) is 0 Å². The van der Waals surface area contributed by atoms with Gasteiger partial charge in [-0.2, -0.15) is 13.2 Å². The van der Waals surface area contributed by atoms with E-state index in [0.717, 1.165) is 32.3 Å². The molecular formula is C14H24F3NO. The largest absolute Gasteiger partial charge is 0.389 e. The van der Waals surface area contributed by atoms with Gasteiger partial charge < -0.3 is 10.1 Å². The SMILES string of the molecule is FC(F)(F)CCCNC1CCOC2(CCCCC2)C1. The molecule has 1 aliphatic carbocycles. The van der Waals surface area contributed by atoms with Gasteiger partial charge in [0.2, 0.25) is 0 Å². The maximum absolute atomic E-state index is 12.1. The molecule has 0 aromatic carbocycles. The van der Waals surface area contributed by atoms with Crippen LogP contribution in [0.15, 0.2) is 0 Å². The van der Waals surface area contributed by atoms with Crippen LogP contribution in [0, 0.1) is 0 Å². The lowest BCUT2D eigenvalue weighted by molar-refractivity contribution is -0.135. The van der Waals surface area contributed by atoms with Gasteiger partial charge in [0.15, 0.2) is 0 Å². The molecule has 1 spiro atoms. The third-order valence-electron chi connectivity index (χ3n) is 4.33. The van der Waals surface area contributed by atoms with Gasteiger partial charge in [-0.15, -0.1) is 0 Å². The molecule has 5 heteroatoms. The highest BCUT2D eigenvalue weighted by molar-refractivity contribution is 4.91. The minimum atomic E-state index is -4.03. The molecule has 1 saturated heterocycles. The van der Waals surface area contributed by atoms with Crippen LogP contribution in [-0.4, -0.2) is 31.0 Å². The summed E-state index contributed by atoms with van der Waals surface area (Å²) in [7, 11) is 0. The molecule has 0 amide bonds. The van der Waals surface area contributed by atoms with Crippen LogP contribution in [0.5, 0.6) is 0 Å². The first-order valence-electron chi connectivity index (χ1n) is 7.43. The fraction of sp³-hybridized carbons (Fsp3) is 1.00. The molecule has 1 atom stereocenters. The van der Waals surface area contributed by atoms with Crippen molar-refractivity contribution < 1.29 is 17.9 Å². The van der Waals surface area contributed by atoms with Crippen LogP contribution in [0.2, 0.25) is 0 Å². The Bertz CT molecular complexity index is 269. The van der Waals surface area contributed by atoms with E-state index < -0.39 is 12.6 Å². The summed E-state index contributed by atoms with van der Waals surface area (Å²) in [5.41, 5.74) is 0.0260. The predicted octanol–water partition coefficient (Wildman–Crippen LogP) is 3.80. The third-order valence-corrected chi connectivity index (χ3v) is 4.33. The maximum Gasteiger partial charge on any atom is 0.389 e. The normalized spacial score (nSPS) is 27.6. The van der Waals surface area contributed by atoms with Crippen LogP contribution in [0.1, 0.15) is 57.8 Å². The van der Waals surface area contributed by atoms with Crippen molar-refractivity contribution in [3.05, 3.63) is 0 Å². The number of rotatable bonds is 4. The lowest BCUT2D eigenvalue weighted by Crippen LogP contribution is -2.48. The minimum absolute atomic E-state index is 0.0260. The summed E-state index contributed by atoms with van der Waals surface area (Å²) in [6.07, 6.45) is 3.33. The molecule has 1 N–H and O–H groups in total. The second-order valence-corrected chi connectivity index (χ2v) is 5.95. The van der Waals surface area contributed by atoms with Crippen molar-refractivity contribution in [3.63, 3.8) is 0 Å². The van der Waals surface area contributed by atoms with Crippen LogP contribution in [0.3, 0.4) is 0 Å². The lowest BCUT2D eigenvalue weighted by atomic mass is 9.78. The van der Waals surface area contributed by atoms with Gasteiger partial charge in [0.25, 0.3) is 0 Å². The van der Waals surface area contributed by atoms with Crippen molar-refractivity contribution in [3.8, 4) is 0 Å². The molecule has 2 aliphatic rings. The Hall–Kier alpha value is -0.290. The van der Waals surface area contributed by atoms with Crippen LogP contribution in [-0.2, 0) is 4.74 Å². The highest BCUT2D eigenvalue weighted by Gasteiger charge is 2.38. The molecule has 1 saturated carbocycles. The first-order valence-corrected chi connectivity index (χ1v) is 7.43. The number of hydrogen-bond acceptors (Lipinski definition) is 2. The number of ether oxygens (including phenoxy) is 1. The molecule has 0 aromatic heterocycles. The molecule has 2 rings (SSSR count). The van der Waals surface area contributed by atoms with Crippen LogP contribution in [0.25, 0.3) is 0 Å². The number of nitrogens with one attached hydrogen (secondary N) is 1. The molecule has 0 radical (unpaired) electrons. The monoisotopic (exact) mass is 279 g/mol. The highest BCUT2D eigenvalue weighted by atomic mass is 19.4. The van der Waals surface area contributed by atoms with Gasteiger partial charge in [0, 0.05) is 19.1 Å². The molecule has 112 valence electrons. The van der Waals surface area contributed by atoms with E-state index in [1.807, 2.05) is 0 Å². The summed E-state index contributed by atoms with van der Waals surface area (Å²) in [6, 6.07) is 0.333. The molecule has 1 heterocycles. The Balaban J connectivity index is 1.69. The van der Waals surface area contributed by atoms with Crippen molar-refractivity contribution in [2.45, 2.75) is 75.6 Å². The molecule has 2 nitrogen and oxygen atoms in total. The van der Waals surface area contributed by atoms with Gasteiger partial charge in [-0.05, 0) is 38.6 Å². The second-order valence-electron chi connectivity index (χ2n) is 5.95. The molecule has 2 fully saturated rings. The van der Waals surface area contributed by atoms with Gasteiger partial charge in [0.05, 0.1) is 5.60 Å². The zero-order chi connectivity index (χ0) is 13.8. The molecule has 1 aliphatic heterocycles. The summed E-state index contributed by atoms with van der Waals surface area (Å²) in [5.74, 6) is 0. The van der Waals surface area contributed by atoms with E-state index in [1.165, 1.54) is 19.3 Å². The van der Waals surface area contributed by atoms with E-state index in [0.29, 0.717) is 12.6 Å². The fourth-order valence-corrected chi connectivity index (χ4v) is 3.34. The van der Waals surface area contributed by atoms with Crippen LogP contribution < -0.4 is 5.32 Å². The van der Waals surface area contributed by atoms with E-state index in [2.05, 4.69) is 5.32 Å². The molecule has 0 aromatic rings. The van der Waals surface area contributed by atoms with Gasteiger partial charge in [0.1, 0.15) is 0 Å². The third kappa shape index (κ3) is 4.95. The standard InChI is InChI=1S/C14H24F3NO/c15-14(16,17)8-4-9-18-12-5-10-19-13(11-12)6-2-1-3-7-13/h12,18H,1-11H2. The van der Waals surface area contributed by atoms with Crippen LogP contribution >= 0.6 is 0 Å². The molecule has 0 bridgehead atoms. The minimum Gasteiger partial charge on any atom is -0.375 e. The predicted molar refractivity (Wildman–Crippen MR) is 68.1 cm³/mol. The number of hydrogen-bond donors (Lipinski definition) is 1. The summed E-state index contributed by atoms with van der Waals surface area (Å²) in [6.45, 7) is 1.21. The van der Waals surface area contributed by atoms with Crippen molar-refractivity contribution in [2.75, 3.05) is 13.2 Å². The lowest BCUT2D eigenvalue weighted by Gasteiger charge is -2.43. The smallest absolute Gasteiger partial charge is 0.375 e. The van der Waals surface area contributed by atoms with E-state index in [4.69, 9.17) is 4.74 Å². The summed E-state index contributed by atoms with van der Waals surface area (Å²) < 4.78 is 42.2. The zero-order valence-corrected chi connectivity index (χ0v) is 11.4. The number of halogens is 3. The van der Waals surface area contributed by atoms with Crippen molar-refractivity contribution in [1.29, 1.82) is 0 Å². The molecule has 1 unspecified atom stereocenters. The average molecular weight is 279 g/mol. The quantitative estimate of drug-likeness (QED) is 0.790. The average Bonchev–Trinajstić information content (AvgIpc) is 2.35. The van der Waals surface area contributed by atoms with E-state index in [-0.39, 0.29) is 12.0 Å². The van der Waals surface area contributed by atoms with Crippen molar-refractivity contribution >= 4 is 0 Å². The fourth-order valence-electron chi connectivity index (χ4n) is 3.34. The summed E-state index contributed by atoms with van der Waals surface area (Å²) in [4.78, 5) is 0. The number of alkyl halides is 3. The highest BCUT2D eigenvalue weighted by Crippen LogP contribution is 2.38. The Morgan fingerprint density at radius 2 is 1.89 bits per heavy atom. The first kappa shape index (κ1) is 15.1. The van der Waals surface area contributed by atoms with E-state index >= 15 is 0 Å². The Morgan fingerprint density at radius 3 is 2.58 bits per heavy atom. The molecular weight excluding hydrogens is 255 g/mol. The summed E-state index contributed by atoms with van der Waals surface area (Å²) in [5, 5.41) is 3.29. The van der Waals surface area contributed by atoms with Gasteiger partial charge >= 0.3 is 6.18 Å². The van der Waals surface area contributed by atoms with Crippen molar-refractivity contribution in [1.82, 2.24) is 5.32 Å². The van der Waals surface area contributed by atoms with Crippen LogP contribution in [0.4, 0.5) is 13.2 Å². The zero-order valence-electron chi connectivity index (χ0n) is 11.4. The second kappa shape index (κ2) is 6.44. The first-order chi connectivity index (χ1) is 8.99. The van der Waals surface area contributed by atoms with Gasteiger partial charge in [-0.1, -0.05) is 19.3 Å². The van der Waals surface area contributed by atoms with Gasteiger partial charge in [-0.3, -0.25) is 0 Å². The topological polar surface area (TPSA) is 21.3 Å². The van der Waals surface area contributed by atoms with E-state index in [1.54, 1.807) is 0 Å².